The fraction of sp³-hybridized carbons (Fsp3) is 0.316. The van der Waals surface area contributed by atoms with E-state index < -0.39 is 0 Å². The fourth-order valence-corrected chi connectivity index (χ4v) is 2.98. The van der Waals surface area contributed by atoms with Crippen LogP contribution in [0.15, 0.2) is 24.3 Å². The highest BCUT2D eigenvalue weighted by molar-refractivity contribution is 6.32. The van der Waals surface area contributed by atoms with E-state index in [2.05, 4.69) is 5.32 Å². The van der Waals surface area contributed by atoms with Crippen LogP contribution in [-0.4, -0.2) is 40.5 Å². The first-order valence-corrected chi connectivity index (χ1v) is 8.65. The zero-order valence-electron chi connectivity index (χ0n) is 15.3. The number of nitrogens with one attached hydrogen (secondary N) is 1. The molecule has 7 nitrogen and oxygen atoms in total. The Hall–Kier alpha value is -2.80. The highest BCUT2D eigenvalue weighted by atomic mass is 35.5. The first-order valence-electron chi connectivity index (χ1n) is 8.28. The summed E-state index contributed by atoms with van der Waals surface area (Å²) in [6.07, 6.45) is 0.748. The van der Waals surface area contributed by atoms with Crippen molar-refractivity contribution in [2.24, 2.45) is 0 Å². The molecule has 0 saturated heterocycles. The maximum absolute atomic E-state index is 12.7. The second-order valence-corrected chi connectivity index (χ2v) is 6.11. The standard InChI is InChI=1S/C19H20ClNO6/c1-23-14-9-12(10-15(24-2)18(14)25-3)21-19(22)11-7-13(20)17-16(8-11)26-5-4-6-27-17/h7-10H,4-6H2,1-3H3,(H,21,22). The van der Waals surface area contributed by atoms with Crippen LogP contribution in [0.25, 0.3) is 0 Å². The minimum atomic E-state index is -0.359. The van der Waals surface area contributed by atoms with Gasteiger partial charge in [-0.2, -0.15) is 0 Å². The molecule has 0 bridgehead atoms. The largest absolute Gasteiger partial charge is 0.493 e. The topological polar surface area (TPSA) is 75.3 Å². The van der Waals surface area contributed by atoms with Gasteiger partial charge in [-0.05, 0) is 12.1 Å². The molecule has 1 heterocycles. The van der Waals surface area contributed by atoms with Crippen molar-refractivity contribution in [3.05, 3.63) is 34.9 Å². The third-order valence-electron chi connectivity index (χ3n) is 3.99. The third-order valence-corrected chi connectivity index (χ3v) is 4.27. The lowest BCUT2D eigenvalue weighted by atomic mass is 10.1. The van der Waals surface area contributed by atoms with Crippen LogP contribution < -0.4 is 29.0 Å². The Morgan fingerprint density at radius 1 is 1.00 bits per heavy atom. The number of fused-ring (bicyclic) bond motifs is 1. The Kier molecular flexibility index (Phi) is 5.81. The van der Waals surface area contributed by atoms with E-state index in [1.807, 2.05) is 0 Å². The minimum Gasteiger partial charge on any atom is -0.493 e. The minimum absolute atomic E-state index is 0.324. The van der Waals surface area contributed by atoms with Crippen LogP contribution in [0.2, 0.25) is 5.02 Å². The van der Waals surface area contributed by atoms with Gasteiger partial charge in [0.15, 0.2) is 23.0 Å². The lowest BCUT2D eigenvalue weighted by molar-refractivity contribution is 0.102. The second kappa shape index (κ2) is 8.26. The van der Waals surface area contributed by atoms with Gasteiger partial charge in [0, 0.05) is 29.8 Å². The van der Waals surface area contributed by atoms with E-state index in [0.29, 0.717) is 58.2 Å². The number of anilines is 1. The first-order chi connectivity index (χ1) is 13.1. The Morgan fingerprint density at radius 3 is 2.30 bits per heavy atom. The van der Waals surface area contributed by atoms with Crippen molar-refractivity contribution in [1.29, 1.82) is 0 Å². The van der Waals surface area contributed by atoms with Gasteiger partial charge in [-0.3, -0.25) is 4.79 Å². The smallest absolute Gasteiger partial charge is 0.255 e. The summed E-state index contributed by atoms with van der Waals surface area (Å²) in [6.45, 7) is 1.02. The summed E-state index contributed by atoms with van der Waals surface area (Å²) >= 11 is 6.26. The molecule has 0 fully saturated rings. The average molecular weight is 394 g/mol. The van der Waals surface area contributed by atoms with E-state index in [4.69, 9.17) is 35.3 Å². The summed E-state index contributed by atoms with van der Waals surface area (Å²) < 4.78 is 27.1. The van der Waals surface area contributed by atoms with Gasteiger partial charge in [-0.25, -0.2) is 0 Å². The van der Waals surface area contributed by atoms with Crippen molar-refractivity contribution in [2.75, 3.05) is 39.9 Å². The molecule has 0 aromatic heterocycles. The number of hydrogen-bond donors (Lipinski definition) is 1. The Balaban J connectivity index is 1.89. The van der Waals surface area contributed by atoms with Crippen LogP contribution in [0.4, 0.5) is 5.69 Å². The molecule has 0 saturated carbocycles. The third kappa shape index (κ3) is 3.98. The number of carbonyl (C=O) groups excluding carboxylic acids is 1. The molecule has 1 aliphatic heterocycles. The zero-order valence-corrected chi connectivity index (χ0v) is 16.0. The summed E-state index contributed by atoms with van der Waals surface area (Å²) in [7, 11) is 4.53. The monoisotopic (exact) mass is 393 g/mol. The maximum Gasteiger partial charge on any atom is 0.255 e. The number of methoxy groups -OCH3 is 3. The van der Waals surface area contributed by atoms with E-state index >= 15 is 0 Å². The quantitative estimate of drug-likeness (QED) is 0.833. The predicted octanol–water partition coefficient (Wildman–Crippen LogP) is 3.78. The number of rotatable bonds is 5. The Morgan fingerprint density at radius 2 is 1.67 bits per heavy atom. The van der Waals surface area contributed by atoms with Gasteiger partial charge in [0.25, 0.3) is 5.91 Å². The van der Waals surface area contributed by atoms with Crippen LogP contribution >= 0.6 is 11.6 Å². The molecular weight excluding hydrogens is 374 g/mol. The molecule has 1 amide bonds. The summed E-state index contributed by atoms with van der Waals surface area (Å²) in [6, 6.07) is 6.44. The number of hydrogen-bond acceptors (Lipinski definition) is 6. The van der Waals surface area contributed by atoms with Crippen molar-refractivity contribution in [2.45, 2.75) is 6.42 Å². The van der Waals surface area contributed by atoms with E-state index in [1.54, 1.807) is 24.3 Å². The van der Waals surface area contributed by atoms with Gasteiger partial charge < -0.3 is 29.0 Å². The molecule has 8 heteroatoms. The van der Waals surface area contributed by atoms with Crippen LogP contribution in [-0.2, 0) is 0 Å². The summed E-state index contributed by atoms with van der Waals surface area (Å²) in [5, 5.41) is 3.12. The summed E-state index contributed by atoms with van der Waals surface area (Å²) in [5.41, 5.74) is 0.829. The lowest BCUT2D eigenvalue weighted by Crippen LogP contribution is -2.13. The van der Waals surface area contributed by atoms with Gasteiger partial charge in [0.1, 0.15) is 0 Å². The van der Waals surface area contributed by atoms with Gasteiger partial charge in [-0.15, -0.1) is 0 Å². The molecule has 144 valence electrons. The normalized spacial score (nSPS) is 12.7. The number of halogens is 1. The highest BCUT2D eigenvalue weighted by Crippen LogP contribution is 2.41. The second-order valence-electron chi connectivity index (χ2n) is 5.70. The van der Waals surface area contributed by atoms with Crippen molar-refractivity contribution < 1.29 is 28.5 Å². The summed E-state index contributed by atoms with van der Waals surface area (Å²) in [5.74, 6) is 1.86. The van der Waals surface area contributed by atoms with E-state index in [9.17, 15) is 4.79 Å². The molecule has 1 N–H and O–H groups in total. The lowest BCUT2D eigenvalue weighted by Gasteiger charge is -2.15. The van der Waals surface area contributed by atoms with Gasteiger partial charge in [0.05, 0.1) is 39.6 Å². The van der Waals surface area contributed by atoms with Crippen molar-refractivity contribution in [1.82, 2.24) is 0 Å². The SMILES string of the molecule is COc1cc(NC(=O)c2cc(Cl)c3c(c2)OCCCO3)cc(OC)c1OC. The maximum atomic E-state index is 12.7. The molecule has 2 aromatic rings. The van der Waals surface area contributed by atoms with E-state index in [-0.39, 0.29) is 5.91 Å². The molecule has 0 atom stereocenters. The van der Waals surface area contributed by atoms with Crippen molar-refractivity contribution in [3.8, 4) is 28.7 Å². The fourth-order valence-electron chi connectivity index (χ4n) is 2.72. The zero-order chi connectivity index (χ0) is 19.4. The molecule has 27 heavy (non-hydrogen) atoms. The number of benzene rings is 2. The average Bonchev–Trinajstić information content (AvgIpc) is 2.92. The van der Waals surface area contributed by atoms with Crippen LogP contribution in [0, 0.1) is 0 Å². The molecule has 0 aliphatic carbocycles. The molecule has 0 unspecified atom stereocenters. The van der Waals surface area contributed by atoms with Crippen LogP contribution in [0.1, 0.15) is 16.8 Å². The van der Waals surface area contributed by atoms with Crippen molar-refractivity contribution in [3.63, 3.8) is 0 Å². The van der Waals surface area contributed by atoms with Crippen molar-refractivity contribution >= 4 is 23.2 Å². The molecule has 2 aromatic carbocycles. The van der Waals surface area contributed by atoms with Gasteiger partial charge in [-0.1, -0.05) is 11.6 Å². The Bertz CT molecular complexity index is 829. The number of ether oxygens (including phenoxy) is 5. The van der Waals surface area contributed by atoms with Crippen LogP contribution in [0.5, 0.6) is 28.7 Å². The molecule has 0 spiro atoms. The molecule has 1 aliphatic rings. The van der Waals surface area contributed by atoms with E-state index in [1.165, 1.54) is 21.3 Å². The molecule has 3 rings (SSSR count). The van der Waals surface area contributed by atoms with Gasteiger partial charge >= 0.3 is 0 Å². The molecule has 0 radical (unpaired) electrons. The number of amides is 1. The van der Waals surface area contributed by atoms with Gasteiger partial charge in [0.2, 0.25) is 5.75 Å². The highest BCUT2D eigenvalue weighted by Gasteiger charge is 2.20. The first kappa shape index (κ1) is 19.0. The molecular formula is C19H20ClNO6. The van der Waals surface area contributed by atoms with Crippen LogP contribution in [0.3, 0.4) is 0 Å². The predicted molar refractivity (Wildman–Crippen MR) is 101 cm³/mol. The number of carbonyl (C=O) groups is 1. The Labute approximate surface area is 162 Å². The van der Waals surface area contributed by atoms with E-state index in [0.717, 1.165) is 6.42 Å². The summed E-state index contributed by atoms with van der Waals surface area (Å²) in [4.78, 5) is 12.7.